The number of nitrogens with zero attached hydrogens (tertiary/aromatic N) is 2. The SMILES string of the molecule is COc1ccccc1C(CNC(=O)/C=C/c1ccc(OCC#N)cc1)N(C)C. The van der Waals surface area contributed by atoms with Crippen molar-refractivity contribution in [3.63, 3.8) is 0 Å². The maximum absolute atomic E-state index is 12.2. The normalized spacial score (nSPS) is 11.8. The monoisotopic (exact) mass is 379 g/mol. The average Bonchev–Trinajstić information content (AvgIpc) is 2.71. The highest BCUT2D eigenvalue weighted by atomic mass is 16.5. The highest BCUT2D eigenvalue weighted by Crippen LogP contribution is 2.27. The molecule has 2 aromatic rings. The van der Waals surface area contributed by atoms with Crippen molar-refractivity contribution in [2.75, 3.05) is 34.4 Å². The largest absolute Gasteiger partial charge is 0.496 e. The minimum Gasteiger partial charge on any atom is -0.496 e. The second-order valence-corrected chi connectivity index (χ2v) is 6.32. The summed E-state index contributed by atoms with van der Waals surface area (Å²) in [6.45, 7) is 0.467. The van der Waals surface area contributed by atoms with Crippen molar-refractivity contribution >= 4 is 12.0 Å². The summed E-state index contributed by atoms with van der Waals surface area (Å²) in [5, 5.41) is 11.5. The Balaban J connectivity index is 1.96. The third-order valence-corrected chi connectivity index (χ3v) is 4.20. The van der Waals surface area contributed by atoms with Gasteiger partial charge in [-0.2, -0.15) is 5.26 Å². The number of nitrogens with one attached hydrogen (secondary N) is 1. The van der Waals surface area contributed by atoms with Crippen LogP contribution in [0.1, 0.15) is 17.2 Å². The van der Waals surface area contributed by atoms with Gasteiger partial charge in [-0.1, -0.05) is 30.3 Å². The minimum absolute atomic E-state index is 0.00920. The van der Waals surface area contributed by atoms with Gasteiger partial charge >= 0.3 is 0 Å². The van der Waals surface area contributed by atoms with Crippen molar-refractivity contribution < 1.29 is 14.3 Å². The molecule has 0 bridgehead atoms. The van der Waals surface area contributed by atoms with Gasteiger partial charge in [0.1, 0.15) is 17.6 Å². The molecule has 0 aromatic heterocycles. The standard InChI is InChI=1S/C22H25N3O3/c1-25(2)20(19-6-4-5-7-21(19)27-3)16-24-22(26)13-10-17-8-11-18(12-9-17)28-15-14-23/h4-13,20H,15-16H2,1-3H3,(H,24,26)/b13-10+. The lowest BCUT2D eigenvalue weighted by molar-refractivity contribution is -0.116. The predicted octanol–water partition coefficient (Wildman–Crippen LogP) is 3.03. The van der Waals surface area contributed by atoms with E-state index >= 15 is 0 Å². The Morgan fingerprint density at radius 3 is 2.57 bits per heavy atom. The van der Waals surface area contributed by atoms with Gasteiger partial charge in [0.25, 0.3) is 0 Å². The third-order valence-electron chi connectivity index (χ3n) is 4.20. The molecule has 146 valence electrons. The Kier molecular flexibility index (Phi) is 8.07. The first-order valence-electron chi connectivity index (χ1n) is 8.90. The van der Waals surface area contributed by atoms with Gasteiger partial charge in [-0.15, -0.1) is 0 Å². The Labute approximate surface area is 166 Å². The Morgan fingerprint density at radius 2 is 1.93 bits per heavy atom. The van der Waals surface area contributed by atoms with Crippen molar-refractivity contribution in [3.05, 3.63) is 65.7 Å². The number of carbonyl (C=O) groups is 1. The summed E-state index contributed by atoms with van der Waals surface area (Å²) >= 11 is 0. The first kappa shape index (κ1) is 21.0. The molecular formula is C22H25N3O3. The fourth-order valence-corrected chi connectivity index (χ4v) is 2.73. The van der Waals surface area contributed by atoms with E-state index in [1.165, 1.54) is 6.08 Å². The summed E-state index contributed by atoms with van der Waals surface area (Å²) in [5.74, 6) is 1.24. The Hall–Kier alpha value is -3.30. The van der Waals surface area contributed by atoms with Crippen molar-refractivity contribution in [1.29, 1.82) is 5.26 Å². The number of likely N-dealkylation sites (N-methyl/N-ethyl adjacent to an activating group) is 1. The average molecular weight is 379 g/mol. The van der Waals surface area contributed by atoms with E-state index in [9.17, 15) is 4.79 Å². The highest BCUT2D eigenvalue weighted by molar-refractivity contribution is 5.91. The molecule has 6 nitrogen and oxygen atoms in total. The molecule has 0 aliphatic rings. The number of nitriles is 1. The molecule has 0 spiro atoms. The fourth-order valence-electron chi connectivity index (χ4n) is 2.73. The topological polar surface area (TPSA) is 74.6 Å². The number of methoxy groups -OCH3 is 1. The van der Waals surface area contributed by atoms with Crippen LogP contribution in [0.4, 0.5) is 0 Å². The van der Waals surface area contributed by atoms with Crippen LogP contribution in [0.25, 0.3) is 6.08 Å². The van der Waals surface area contributed by atoms with E-state index < -0.39 is 0 Å². The van der Waals surface area contributed by atoms with E-state index in [4.69, 9.17) is 14.7 Å². The second-order valence-electron chi connectivity index (χ2n) is 6.32. The van der Waals surface area contributed by atoms with Crippen molar-refractivity contribution in [2.24, 2.45) is 0 Å². The van der Waals surface area contributed by atoms with Gasteiger partial charge in [0, 0.05) is 18.2 Å². The molecule has 0 aliphatic heterocycles. The van der Waals surface area contributed by atoms with Crippen molar-refractivity contribution in [2.45, 2.75) is 6.04 Å². The number of amides is 1. The molecule has 1 atom stereocenters. The van der Waals surface area contributed by atoms with Crippen LogP contribution >= 0.6 is 0 Å². The van der Waals surface area contributed by atoms with Gasteiger partial charge in [0.15, 0.2) is 6.61 Å². The van der Waals surface area contributed by atoms with Crippen LogP contribution in [-0.4, -0.2) is 45.2 Å². The number of benzene rings is 2. The van der Waals surface area contributed by atoms with E-state index in [-0.39, 0.29) is 18.6 Å². The fraction of sp³-hybridized carbons (Fsp3) is 0.273. The number of para-hydroxylation sites is 1. The summed E-state index contributed by atoms with van der Waals surface area (Å²) in [5.41, 5.74) is 1.89. The van der Waals surface area contributed by atoms with Gasteiger partial charge in [-0.05, 0) is 43.9 Å². The Bertz CT molecular complexity index is 839. The molecule has 1 amide bonds. The maximum atomic E-state index is 12.2. The molecular weight excluding hydrogens is 354 g/mol. The molecule has 2 aromatic carbocycles. The Morgan fingerprint density at radius 1 is 1.21 bits per heavy atom. The van der Waals surface area contributed by atoms with Gasteiger partial charge in [-0.25, -0.2) is 0 Å². The van der Waals surface area contributed by atoms with E-state index in [0.717, 1.165) is 16.9 Å². The molecule has 0 saturated carbocycles. The quantitative estimate of drug-likeness (QED) is 0.678. The summed E-state index contributed by atoms with van der Waals surface area (Å²) in [6, 6.07) is 16.9. The highest BCUT2D eigenvalue weighted by Gasteiger charge is 2.18. The minimum atomic E-state index is -0.174. The summed E-state index contributed by atoms with van der Waals surface area (Å²) < 4.78 is 10.6. The van der Waals surface area contributed by atoms with Gasteiger partial charge < -0.3 is 19.7 Å². The van der Waals surface area contributed by atoms with Crippen LogP contribution in [-0.2, 0) is 4.79 Å². The molecule has 0 fully saturated rings. The number of rotatable bonds is 9. The van der Waals surface area contributed by atoms with Crippen LogP contribution < -0.4 is 14.8 Å². The van der Waals surface area contributed by atoms with Gasteiger partial charge in [0.2, 0.25) is 5.91 Å². The lowest BCUT2D eigenvalue weighted by Crippen LogP contribution is -2.33. The van der Waals surface area contributed by atoms with E-state index in [2.05, 4.69) is 5.32 Å². The number of ether oxygens (including phenoxy) is 2. The van der Waals surface area contributed by atoms with Crippen LogP contribution in [0.2, 0.25) is 0 Å². The molecule has 0 heterocycles. The first-order chi connectivity index (χ1) is 13.5. The lowest BCUT2D eigenvalue weighted by Gasteiger charge is -2.26. The third kappa shape index (κ3) is 6.15. The second kappa shape index (κ2) is 10.8. The van der Waals surface area contributed by atoms with Crippen molar-refractivity contribution in [1.82, 2.24) is 10.2 Å². The molecule has 2 rings (SSSR count). The predicted molar refractivity (Wildman–Crippen MR) is 109 cm³/mol. The number of hydrogen-bond acceptors (Lipinski definition) is 5. The van der Waals surface area contributed by atoms with Crippen LogP contribution in [0.15, 0.2) is 54.6 Å². The molecule has 0 radical (unpaired) electrons. The zero-order valence-corrected chi connectivity index (χ0v) is 16.4. The van der Waals surface area contributed by atoms with Crippen LogP contribution in [0.5, 0.6) is 11.5 Å². The summed E-state index contributed by atoms with van der Waals surface area (Å²) in [6.07, 6.45) is 3.23. The van der Waals surface area contributed by atoms with Crippen LogP contribution in [0.3, 0.4) is 0 Å². The molecule has 28 heavy (non-hydrogen) atoms. The maximum Gasteiger partial charge on any atom is 0.244 e. The zero-order chi connectivity index (χ0) is 20.4. The lowest BCUT2D eigenvalue weighted by atomic mass is 10.0. The first-order valence-corrected chi connectivity index (χ1v) is 8.90. The molecule has 6 heteroatoms. The smallest absolute Gasteiger partial charge is 0.244 e. The van der Waals surface area contributed by atoms with E-state index in [1.54, 1.807) is 25.3 Å². The van der Waals surface area contributed by atoms with E-state index in [0.29, 0.717) is 12.3 Å². The summed E-state index contributed by atoms with van der Waals surface area (Å²) in [4.78, 5) is 14.3. The zero-order valence-electron chi connectivity index (χ0n) is 16.4. The van der Waals surface area contributed by atoms with E-state index in [1.807, 2.05) is 61.5 Å². The van der Waals surface area contributed by atoms with Gasteiger partial charge in [-0.3, -0.25) is 4.79 Å². The van der Waals surface area contributed by atoms with Crippen molar-refractivity contribution in [3.8, 4) is 17.6 Å². The molecule has 1 unspecified atom stereocenters. The number of hydrogen-bond donors (Lipinski definition) is 1. The number of carbonyl (C=O) groups excluding carboxylic acids is 1. The van der Waals surface area contributed by atoms with Gasteiger partial charge in [0.05, 0.1) is 13.2 Å². The van der Waals surface area contributed by atoms with Crippen LogP contribution in [0, 0.1) is 11.3 Å². The molecule has 0 aliphatic carbocycles. The molecule has 1 N–H and O–H groups in total. The summed E-state index contributed by atoms with van der Waals surface area (Å²) in [7, 11) is 5.58. The molecule has 0 saturated heterocycles.